The van der Waals surface area contributed by atoms with Crippen molar-refractivity contribution in [3.63, 3.8) is 0 Å². The summed E-state index contributed by atoms with van der Waals surface area (Å²) < 4.78 is 4.89. The van der Waals surface area contributed by atoms with Crippen molar-refractivity contribution in [1.29, 1.82) is 0 Å². The van der Waals surface area contributed by atoms with Crippen molar-refractivity contribution in [2.24, 2.45) is 5.73 Å². The van der Waals surface area contributed by atoms with Crippen molar-refractivity contribution in [3.8, 4) is 0 Å². The van der Waals surface area contributed by atoms with Gasteiger partial charge in [0, 0.05) is 6.54 Å². The number of hydrogen-bond acceptors (Lipinski definition) is 6. The second kappa shape index (κ2) is 6.38. The van der Waals surface area contributed by atoms with Crippen LogP contribution in [0.5, 0.6) is 0 Å². The van der Waals surface area contributed by atoms with Crippen LogP contribution in [0, 0.1) is 10.1 Å². The number of nitrogens with one attached hydrogen (secondary N) is 1. The van der Waals surface area contributed by atoms with Gasteiger partial charge in [-0.25, -0.2) is 0 Å². The summed E-state index contributed by atoms with van der Waals surface area (Å²) in [6.45, 7) is 0.367. The Hall–Kier alpha value is -2.22. The molecule has 0 aliphatic rings. The van der Waals surface area contributed by atoms with E-state index in [9.17, 15) is 14.9 Å². The maximum absolute atomic E-state index is 10.6. The quantitative estimate of drug-likeness (QED) is 0.390. The van der Waals surface area contributed by atoms with Crippen LogP contribution in [-0.2, 0) is 9.53 Å². The third-order valence-electron chi connectivity index (χ3n) is 1.77. The van der Waals surface area contributed by atoms with Crippen molar-refractivity contribution < 1.29 is 14.5 Å². The number of ether oxygens (including phenoxy) is 1. The monoisotopic (exact) mass is 240 g/mol. The van der Waals surface area contributed by atoms with Crippen molar-refractivity contribution >= 4 is 17.4 Å². The molecule has 0 bridgehead atoms. The smallest absolute Gasteiger partial charge is 0.376 e. The lowest BCUT2D eigenvalue weighted by Gasteiger charge is -2.06. The van der Waals surface area contributed by atoms with E-state index in [1.165, 1.54) is 6.20 Å². The van der Waals surface area contributed by atoms with Crippen LogP contribution in [0.25, 0.3) is 0 Å². The number of rotatable bonds is 7. The van der Waals surface area contributed by atoms with Gasteiger partial charge in [-0.05, 0) is 22.0 Å². The summed E-state index contributed by atoms with van der Waals surface area (Å²) in [7, 11) is 0. The number of nitrogens with zero attached hydrogens (tertiary/aromatic N) is 2. The number of pyridine rings is 1. The fourth-order valence-corrected chi connectivity index (χ4v) is 1.11. The van der Waals surface area contributed by atoms with E-state index in [-0.39, 0.29) is 19.0 Å². The molecule has 8 heteroatoms. The molecule has 0 aliphatic carbocycles. The summed E-state index contributed by atoms with van der Waals surface area (Å²) >= 11 is 0. The average Bonchev–Trinajstić information content (AvgIpc) is 2.28. The summed E-state index contributed by atoms with van der Waals surface area (Å²) in [5, 5.41) is 13.4. The summed E-state index contributed by atoms with van der Waals surface area (Å²) in [5.74, 6) is -0.806. The van der Waals surface area contributed by atoms with Gasteiger partial charge in [-0.2, -0.15) is 0 Å². The van der Waals surface area contributed by atoms with E-state index in [1.807, 2.05) is 0 Å². The Balaban J connectivity index is 2.41. The maximum Gasteiger partial charge on any atom is 0.386 e. The highest BCUT2D eigenvalue weighted by Crippen LogP contribution is 2.19. The zero-order valence-electron chi connectivity index (χ0n) is 8.96. The first-order valence-electron chi connectivity index (χ1n) is 4.80. The molecule has 1 heterocycles. The van der Waals surface area contributed by atoms with Crippen molar-refractivity contribution in [2.45, 2.75) is 0 Å². The van der Waals surface area contributed by atoms with Gasteiger partial charge in [0.15, 0.2) is 0 Å². The second-order valence-corrected chi connectivity index (χ2v) is 3.08. The third kappa shape index (κ3) is 4.43. The van der Waals surface area contributed by atoms with Crippen LogP contribution in [-0.4, -0.2) is 35.6 Å². The van der Waals surface area contributed by atoms with E-state index < -0.39 is 10.8 Å². The molecule has 0 unspecified atom stereocenters. The van der Waals surface area contributed by atoms with Crippen molar-refractivity contribution in [1.82, 2.24) is 4.98 Å². The van der Waals surface area contributed by atoms with Gasteiger partial charge in [-0.1, -0.05) is 0 Å². The van der Waals surface area contributed by atoms with Crippen LogP contribution in [0.1, 0.15) is 0 Å². The fourth-order valence-electron chi connectivity index (χ4n) is 1.11. The third-order valence-corrected chi connectivity index (χ3v) is 1.77. The topological polar surface area (TPSA) is 120 Å². The molecule has 0 radical (unpaired) electrons. The first kappa shape index (κ1) is 12.8. The fraction of sp³-hybridized carbons (Fsp3) is 0.333. The molecule has 17 heavy (non-hydrogen) atoms. The number of amides is 1. The molecular weight excluding hydrogens is 228 g/mol. The molecular formula is C9H12N4O4. The van der Waals surface area contributed by atoms with E-state index in [0.29, 0.717) is 12.2 Å². The molecule has 1 amide bonds. The molecule has 8 nitrogen and oxygen atoms in total. The highest BCUT2D eigenvalue weighted by Gasteiger charge is 2.12. The largest absolute Gasteiger partial charge is 0.386 e. The lowest BCUT2D eigenvalue weighted by molar-refractivity contribution is -0.388. The zero-order valence-corrected chi connectivity index (χ0v) is 8.96. The minimum absolute atomic E-state index is 0.170. The molecule has 92 valence electrons. The Morgan fingerprint density at radius 2 is 2.41 bits per heavy atom. The number of carbonyl (C=O) groups excluding carboxylic acids is 1. The summed E-state index contributed by atoms with van der Waals surface area (Å²) in [6.07, 6.45) is 1.34. The Kier molecular flexibility index (Phi) is 4.82. The minimum atomic E-state index is -0.577. The SMILES string of the molecule is NC(=O)COCCNc1cccnc1[N+](=O)[O-]. The molecule has 3 N–H and O–H groups in total. The molecule has 0 aromatic carbocycles. The summed E-state index contributed by atoms with van der Waals surface area (Å²) in [5.41, 5.74) is 5.17. The van der Waals surface area contributed by atoms with Crippen LogP contribution in [0.3, 0.4) is 0 Å². The van der Waals surface area contributed by atoms with E-state index in [4.69, 9.17) is 10.5 Å². The Morgan fingerprint density at radius 3 is 3.06 bits per heavy atom. The number of nitro groups is 1. The summed E-state index contributed by atoms with van der Waals surface area (Å²) in [4.78, 5) is 24.0. The van der Waals surface area contributed by atoms with Gasteiger partial charge in [-0.3, -0.25) is 4.79 Å². The molecule has 1 rings (SSSR count). The Bertz CT molecular complexity index is 410. The van der Waals surface area contributed by atoms with E-state index >= 15 is 0 Å². The number of nitrogens with two attached hydrogens (primary N) is 1. The first-order valence-corrected chi connectivity index (χ1v) is 4.80. The molecule has 0 fully saturated rings. The predicted molar refractivity (Wildman–Crippen MR) is 59.4 cm³/mol. The van der Waals surface area contributed by atoms with E-state index in [1.54, 1.807) is 12.1 Å². The van der Waals surface area contributed by atoms with Crippen LogP contribution < -0.4 is 11.1 Å². The lowest BCUT2D eigenvalue weighted by atomic mass is 10.4. The average molecular weight is 240 g/mol. The van der Waals surface area contributed by atoms with E-state index in [0.717, 1.165) is 0 Å². The van der Waals surface area contributed by atoms with Gasteiger partial charge in [0.25, 0.3) is 0 Å². The molecule has 1 aromatic rings. The van der Waals surface area contributed by atoms with Gasteiger partial charge >= 0.3 is 5.82 Å². The van der Waals surface area contributed by atoms with Gasteiger partial charge in [0.05, 0.1) is 6.61 Å². The summed E-state index contributed by atoms with van der Waals surface area (Å²) in [6, 6.07) is 3.12. The minimum Gasteiger partial charge on any atom is -0.376 e. The first-order chi connectivity index (χ1) is 8.11. The van der Waals surface area contributed by atoms with Crippen LogP contribution in [0.2, 0.25) is 0 Å². The normalized spacial score (nSPS) is 9.88. The Labute approximate surface area is 96.9 Å². The Morgan fingerprint density at radius 1 is 1.65 bits per heavy atom. The van der Waals surface area contributed by atoms with Gasteiger partial charge in [0.1, 0.15) is 18.5 Å². The second-order valence-electron chi connectivity index (χ2n) is 3.08. The van der Waals surface area contributed by atoms with Crippen LogP contribution >= 0.6 is 0 Å². The number of carbonyl (C=O) groups is 1. The van der Waals surface area contributed by atoms with Gasteiger partial charge < -0.3 is 25.9 Å². The zero-order chi connectivity index (χ0) is 12.7. The number of anilines is 1. The molecule has 0 aliphatic heterocycles. The lowest BCUT2D eigenvalue weighted by Crippen LogP contribution is -2.20. The molecule has 0 atom stereocenters. The van der Waals surface area contributed by atoms with E-state index in [2.05, 4.69) is 10.3 Å². The molecule has 1 aromatic heterocycles. The molecule has 0 saturated carbocycles. The molecule has 0 spiro atoms. The number of aromatic nitrogens is 1. The van der Waals surface area contributed by atoms with Crippen LogP contribution in [0.15, 0.2) is 18.3 Å². The maximum atomic E-state index is 10.6. The van der Waals surface area contributed by atoms with Gasteiger partial charge in [-0.15, -0.1) is 0 Å². The predicted octanol–water partition coefficient (Wildman–Crippen LogP) is -0.0964. The molecule has 0 saturated heterocycles. The van der Waals surface area contributed by atoms with Crippen molar-refractivity contribution in [3.05, 3.63) is 28.4 Å². The van der Waals surface area contributed by atoms with Gasteiger partial charge in [0.2, 0.25) is 5.91 Å². The highest BCUT2D eigenvalue weighted by atomic mass is 16.6. The standard InChI is InChI=1S/C9H12N4O4/c10-8(14)6-17-5-4-11-7-2-1-3-12-9(7)13(15)16/h1-3,11H,4-6H2,(H2,10,14). The number of hydrogen-bond donors (Lipinski definition) is 2. The van der Waals surface area contributed by atoms with Crippen LogP contribution in [0.4, 0.5) is 11.5 Å². The number of primary amides is 1. The van der Waals surface area contributed by atoms with Crippen molar-refractivity contribution in [2.75, 3.05) is 25.1 Å². The highest BCUT2D eigenvalue weighted by molar-refractivity contribution is 5.74.